The van der Waals surface area contributed by atoms with Gasteiger partial charge < -0.3 is 14.8 Å². The molecular weight excluding hydrogens is 540 g/mol. The summed E-state index contributed by atoms with van der Waals surface area (Å²) >= 11 is 9.34. The second kappa shape index (κ2) is 10.3. The number of anilines is 1. The number of hydrogen-bond acceptors (Lipinski definition) is 7. The highest BCUT2D eigenvalue weighted by Gasteiger charge is 2.31. The summed E-state index contributed by atoms with van der Waals surface area (Å²) < 4.78 is 14.1. The smallest absolute Gasteiger partial charge is 0.235 e. The molecule has 0 radical (unpaired) electrons. The summed E-state index contributed by atoms with van der Waals surface area (Å²) in [5.41, 5.74) is 4.67. The van der Waals surface area contributed by atoms with Crippen LogP contribution in [0.3, 0.4) is 0 Å². The van der Waals surface area contributed by atoms with Gasteiger partial charge >= 0.3 is 0 Å². The largest absolute Gasteiger partial charge is 0.497 e. The van der Waals surface area contributed by atoms with E-state index in [9.17, 15) is 4.79 Å². The van der Waals surface area contributed by atoms with Crippen molar-refractivity contribution in [3.05, 3.63) is 94.1 Å². The highest BCUT2D eigenvalue weighted by atomic mass is 35.5. The van der Waals surface area contributed by atoms with Crippen LogP contribution in [0.15, 0.2) is 66.7 Å². The third-order valence-electron chi connectivity index (χ3n) is 6.31. The predicted molar refractivity (Wildman–Crippen MR) is 153 cm³/mol. The maximum absolute atomic E-state index is 12.7. The maximum Gasteiger partial charge on any atom is 0.235 e. The Morgan fingerprint density at radius 2 is 1.89 bits per heavy atom. The Morgan fingerprint density at radius 1 is 1.11 bits per heavy atom. The van der Waals surface area contributed by atoms with Gasteiger partial charge in [-0.2, -0.15) is 9.78 Å². The first-order chi connectivity index (χ1) is 18.5. The highest BCUT2D eigenvalue weighted by molar-refractivity contribution is 8.00. The lowest BCUT2D eigenvalue weighted by atomic mass is 10.0. The Morgan fingerprint density at radius 3 is 2.68 bits per heavy atom. The van der Waals surface area contributed by atoms with Crippen molar-refractivity contribution < 1.29 is 14.3 Å². The number of halogens is 1. The van der Waals surface area contributed by atoms with E-state index in [4.69, 9.17) is 31.2 Å². The standard InChI is InChI=1S/C28H23ClN4O3S2/c1-16-25-26(17-7-9-19(10-8-17)36-14-18-5-3-4-6-21(18)29)37-15-24(34)31-27(25)33(32-16)28-30-22-12-11-20(35-2)13-23(22)38-28/h3-13,26H,14-15H2,1-2H3,(H,31,34)/t26-/m1/s1. The number of benzene rings is 3. The van der Waals surface area contributed by atoms with E-state index in [1.165, 1.54) is 11.3 Å². The normalized spacial score (nSPS) is 15.1. The number of thiazole rings is 1. The van der Waals surface area contributed by atoms with E-state index in [0.717, 1.165) is 44.1 Å². The fourth-order valence-electron chi connectivity index (χ4n) is 4.41. The number of aromatic nitrogens is 3. The van der Waals surface area contributed by atoms with Crippen LogP contribution in [-0.4, -0.2) is 33.5 Å². The average Bonchev–Trinajstić information content (AvgIpc) is 3.43. The number of thioether (sulfide) groups is 1. The molecule has 1 aliphatic rings. The molecule has 1 atom stereocenters. The number of amides is 1. The summed E-state index contributed by atoms with van der Waals surface area (Å²) in [5.74, 6) is 2.45. The molecule has 7 nitrogen and oxygen atoms in total. The zero-order valence-electron chi connectivity index (χ0n) is 20.6. The second-order valence-corrected chi connectivity index (χ2v) is 11.3. The lowest BCUT2D eigenvalue weighted by molar-refractivity contribution is -0.113. The van der Waals surface area contributed by atoms with Crippen molar-refractivity contribution in [3.63, 3.8) is 0 Å². The number of ether oxygens (including phenoxy) is 2. The summed E-state index contributed by atoms with van der Waals surface area (Å²) in [6.07, 6.45) is 0. The summed E-state index contributed by atoms with van der Waals surface area (Å²) in [4.78, 5) is 17.5. The number of rotatable bonds is 6. The topological polar surface area (TPSA) is 78.3 Å². The zero-order chi connectivity index (χ0) is 26.2. The first-order valence-electron chi connectivity index (χ1n) is 11.9. The molecule has 3 heterocycles. The number of fused-ring (bicyclic) bond motifs is 2. The quantitative estimate of drug-likeness (QED) is 0.245. The minimum absolute atomic E-state index is 0.0672. The van der Waals surface area contributed by atoms with E-state index < -0.39 is 0 Å². The van der Waals surface area contributed by atoms with Gasteiger partial charge in [0.25, 0.3) is 0 Å². The van der Waals surface area contributed by atoms with E-state index >= 15 is 0 Å². The molecule has 5 aromatic rings. The van der Waals surface area contributed by atoms with E-state index in [1.807, 2.05) is 73.7 Å². The molecule has 192 valence electrons. The molecule has 10 heteroatoms. The highest BCUT2D eigenvalue weighted by Crippen LogP contribution is 2.44. The van der Waals surface area contributed by atoms with Gasteiger partial charge in [0, 0.05) is 16.1 Å². The van der Waals surface area contributed by atoms with Crippen LogP contribution in [0.1, 0.15) is 27.6 Å². The second-order valence-electron chi connectivity index (χ2n) is 8.78. The van der Waals surface area contributed by atoms with Crippen LogP contribution in [-0.2, 0) is 11.4 Å². The van der Waals surface area contributed by atoms with Crippen LogP contribution in [0.4, 0.5) is 5.82 Å². The van der Waals surface area contributed by atoms with E-state index in [0.29, 0.717) is 28.3 Å². The predicted octanol–water partition coefficient (Wildman–Crippen LogP) is 6.81. The number of methoxy groups -OCH3 is 1. The molecule has 2 aromatic heterocycles. The van der Waals surface area contributed by atoms with E-state index in [1.54, 1.807) is 23.6 Å². The molecule has 1 N–H and O–H groups in total. The van der Waals surface area contributed by atoms with Gasteiger partial charge in [0.2, 0.25) is 11.0 Å². The lowest BCUT2D eigenvalue weighted by Crippen LogP contribution is -2.15. The van der Waals surface area contributed by atoms with Crippen LogP contribution in [0, 0.1) is 6.92 Å². The molecule has 0 unspecified atom stereocenters. The Hall–Kier alpha value is -3.53. The van der Waals surface area contributed by atoms with Gasteiger partial charge in [-0.15, -0.1) is 11.8 Å². The van der Waals surface area contributed by atoms with Crippen LogP contribution >= 0.6 is 34.7 Å². The number of nitrogens with one attached hydrogen (secondary N) is 1. The van der Waals surface area contributed by atoms with Crippen LogP contribution in [0.2, 0.25) is 5.02 Å². The SMILES string of the molecule is COc1ccc2nc(-n3nc(C)c4c3NC(=O)CS[C@@H]4c3ccc(OCc4ccccc4Cl)cc3)sc2c1. The maximum atomic E-state index is 12.7. The van der Waals surface area contributed by atoms with E-state index in [2.05, 4.69) is 5.32 Å². The average molecular weight is 563 g/mol. The van der Waals surface area contributed by atoms with Crippen molar-refractivity contribution in [2.24, 2.45) is 0 Å². The number of carbonyl (C=O) groups is 1. The molecule has 0 bridgehead atoms. The Bertz CT molecular complexity index is 1650. The van der Waals surface area contributed by atoms with E-state index in [-0.39, 0.29) is 11.2 Å². The van der Waals surface area contributed by atoms with Crippen molar-refractivity contribution in [2.45, 2.75) is 18.8 Å². The summed E-state index contributed by atoms with van der Waals surface area (Å²) in [6, 6.07) is 21.4. The fourth-order valence-corrected chi connectivity index (χ4v) is 6.74. The number of hydrogen-bond donors (Lipinski definition) is 1. The number of carbonyl (C=O) groups excluding carboxylic acids is 1. The summed E-state index contributed by atoms with van der Waals surface area (Å²) in [5, 5.41) is 9.18. The summed E-state index contributed by atoms with van der Waals surface area (Å²) in [6.45, 7) is 2.36. The fraction of sp³-hybridized carbons (Fsp3) is 0.179. The van der Waals surface area contributed by atoms with Crippen molar-refractivity contribution >= 4 is 56.6 Å². The number of nitrogens with zero attached hydrogens (tertiary/aromatic N) is 3. The molecule has 0 saturated carbocycles. The first kappa shape index (κ1) is 24.8. The molecule has 1 amide bonds. The first-order valence-corrected chi connectivity index (χ1v) is 14.2. The third-order valence-corrected chi connectivity index (χ3v) is 8.94. The zero-order valence-corrected chi connectivity index (χ0v) is 23.0. The summed E-state index contributed by atoms with van der Waals surface area (Å²) in [7, 11) is 1.64. The van der Waals surface area contributed by atoms with Crippen molar-refractivity contribution in [1.82, 2.24) is 14.8 Å². The molecule has 3 aromatic carbocycles. The molecule has 38 heavy (non-hydrogen) atoms. The minimum Gasteiger partial charge on any atom is -0.497 e. The monoisotopic (exact) mass is 562 g/mol. The minimum atomic E-state index is -0.0789. The van der Waals surface area contributed by atoms with Gasteiger partial charge in [0.15, 0.2) is 0 Å². The molecular formula is C28H23ClN4O3S2. The Labute approximate surface area is 232 Å². The van der Waals surface area contributed by atoms with Gasteiger partial charge in [-0.05, 0) is 48.9 Å². The molecule has 0 aliphatic carbocycles. The van der Waals surface area contributed by atoms with Crippen LogP contribution in [0.5, 0.6) is 11.5 Å². The van der Waals surface area contributed by atoms with Crippen LogP contribution in [0.25, 0.3) is 15.3 Å². The van der Waals surface area contributed by atoms with Crippen molar-refractivity contribution in [3.8, 4) is 16.6 Å². The molecule has 0 spiro atoms. The van der Waals surface area contributed by atoms with Gasteiger partial charge in [-0.25, -0.2) is 4.98 Å². The van der Waals surface area contributed by atoms with Gasteiger partial charge in [-0.1, -0.05) is 53.3 Å². The van der Waals surface area contributed by atoms with Crippen LogP contribution < -0.4 is 14.8 Å². The third kappa shape index (κ3) is 4.73. The molecule has 6 rings (SSSR count). The molecule has 1 aliphatic heterocycles. The number of aryl methyl sites for hydroxylation is 1. The van der Waals surface area contributed by atoms with Crippen molar-refractivity contribution in [2.75, 3.05) is 18.2 Å². The molecule has 0 saturated heterocycles. The van der Waals surface area contributed by atoms with Crippen molar-refractivity contribution in [1.29, 1.82) is 0 Å². The lowest BCUT2D eigenvalue weighted by Gasteiger charge is -2.16. The van der Waals surface area contributed by atoms with Gasteiger partial charge in [0.05, 0.1) is 34.0 Å². The van der Waals surface area contributed by atoms with Gasteiger partial charge in [0.1, 0.15) is 23.9 Å². The Balaban J connectivity index is 1.32. The van der Waals surface area contributed by atoms with Gasteiger partial charge in [-0.3, -0.25) is 4.79 Å². The molecule has 0 fully saturated rings. The Kier molecular flexibility index (Phi) is 6.73.